The molecule has 2 aromatic carbocycles. The van der Waals surface area contributed by atoms with E-state index in [1.165, 1.54) is 29.7 Å². The minimum absolute atomic E-state index is 0.00640. The summed E-state index contributed by atoms with van der Waals surface area (Å²) in [5.74, 6) is -0.859. The van der Waals surface area contributed by atoms with Gasteiger partial charge in [0.2, 0.25) is 5.91 Å². The highest BCUT2D eigenvalue weighted by Crippen LogP contribution is 2.30. The number of carbonyl (C=O) groups is 2. The summed E-state index contributed by atoms with van der Waals surface area (Å²) in [6.45, 7) is 1.74. The summed E-state index contributed by atoms with van der Waals surface area (Å²) in [6.07, 6.45) is 3.27. The van der Waals surface area contributed by atoms with Crippen LogP contribution in [-0.2, 0) is 27.7 Å². The van der Waals surface area contributed by atoms with Crippen LogP contribution in [0.5, 0.6) is 0 Å². The Morgan fingerprint density at radius 3 is 2.68 bits per heavy atom. The van der Waals surface area contributed by atoms with Crippen LogP contribution in [-0.4, -0.2) is 31.1 Å². The normalized spacial score (nSPS) is 17.9. The minimum atomic E-state index is -3.87. The maximum Gasteiger partial charge on any atom is 0.269 e. The van der Waals surface area contributed by atoms with Crippen molar-refractivity contribution in [2.75, 3.05) is 6.54 Å². The van der Waals surface area contributed by atoms with Gasteiger partial charge in [-0.25, -0.2) is 12.7 Å². The van der Waals surface area contributed by atoms with E-state index in [0.717, 1.165) is 22.7 Å². The van der Waals surface area contributed by atoms with Crippen molar-refractivity contribution in [3.05, 3.63) is 64.7 Å². The van der Waals surface area contributed by atoms with Crippen molar-refractivity contribution in [3.63, 3.8) is 0 Å². The molecule has 0 radical (unpaired) electrons. The number of rotatable bonds is 5. The largest absolute Gasteiger partial charge is 0.350 e. The summed E-state index contributed by atoms with van der Waals surface area (Å²) >= 11 is 0. The number of hydrogen-bond donors (Lipinski definition) is 1. The van der Waals surface area contributed by atoms with Crippen LogP contribution < -0.4 is 5.32 Å². The predicted octanol–water partition coefficient (Wildman–Crippen LogP) is 2.59. The Labute approximate surface area is 164 Å². The first-order valence-electron chi connectivity index (χ1n) is 9.45. The fourth-order valence-electron chi connectivity index (χ4n) is 3.91. The predicted molar refractivity (Wildman–Crippen MR) is 104 cm³/mol. The van der Waals surface area contributed by atoms with Crippen LogP contribution in [0.2, 0.25) is 0 Å². The summed E-state index contributed by atoms with van der Waals surface area (Å²) < 4.78 is 25.9. The van der Waals surface area contributed by atoms with Gasteiger partial charge in [0.05, 0.1) is 11.6 Å². The topological polar surface area (TPSA) is 83.6 Å². The Hall–Kier alpha value is -2.67. The second-order valence-corrected chi connectivity index (χ2v) is 9.13. The molecule has 0 aromatic heterocycles. The standard InChI is InChI=1S/C21H22N2O4S/c1-14(16-10-9-15-5-4-6-17(15)13-16)22-20(24)11-12-23-21(25)18-7-2-3-8-19(18)28(23,26)27/h2-3,7-10,13-14H,4-6,11-12H2,1H3,(H,22,24). The SMILES string of the molecule is CC(NC(=O)CCN1C(=O)c2ccccc2S1(=O)=O)c1ccc2c(c1)CCC2. The highest BCUT2D eigenvalue weighted by molar-refractivity contribution is 7.90. The van der Waals surface area contributed by atoms with Gasteiger partial charge < -0.3 is 5.32 Å². The lowest BCUT2D eigenvalue weighted by atomic mass is 10.0. The molecule has 1 aliphatic heterocycles. The molecular weight excluding hydrogens is 376 g/mol. The van der Waals surface area contributed by atoms with Crippen molar-refractivity contribution < 1.29 is 18.0 Å². The zero-order valence-electron chi connectivity index (χ0n) is 15.6. The summed E-state index contributed by atoms with van der Waals surface area (Å²) in [5.41, 5.74) is 3.91. The zero-order chi connectivity index (χ0) is 19.9. The number of carbonyl (C=O) groups excluding carboxylic acids is 2. The fourth-order valence-corrected chi connectivity index (χ4v) is 5.48. The number of hydrogen-bond acceptors (Lipinski definition) is 4. The number of sulfonamides is 1. The van der Waals surface area contributed by atoms with Gasteiger partial charge in [-0.2, -0.15) is 0 Å². The number of aryl methyl sites for hydroxylation is 2. The van der Waals surface area contributed by atoms with Gasteiger partial charge in [0, 0.05) is 13.0 Å². The molecule has 4 rings (SSSR count). The number of fused-ring (bicyclic) bond motifs is 2. The van der Waals surface area contributed by atoms with Crippen LogP contribution >= 0.6 is 0 Å². The number of amides is 2. The van der Waals surface area contributed by atoms with Gasteiger partial charge in [-0.05, 0) is 55.0 Å². The molecule has 2 aliphatic rings. The zero-order valence-corrected chi connectivity index (χ0v) is 16.5. The molecule has 1 aliphatic carbocycles. The molecular formula is C21H22N2O4S. The van der Waals surface area contributed by atoms with Crippen molar-refractivity contribution in [1.29, 1.82) is 0 Å². The van der Waals surface area contributed by atoms with Crippen LogP contribution in [0.25, 0.3) is 0 Å². The van der Waals surface area contributed by atoms with Gasteiger partial charge in [-0.15, -0.1) is 0 Å². The van der Waals surface area contributed by atoms with Crippen molar-refractivity contribution in [1.82, 2.24) is 9.62 Å². The highest BCUT2D eigenvalue weighted by Gasteiger charge is 2.40. The highest BCUT2D eigenvalue weighted by atomic mass is 32.2. The average Bonchev–Trinajstić information content (AvgIpc) is 3.21. The van der Waals surface area contributed by atoms with Crippen molar-refractivity contribution in [3.8, 4) is 0 Å². The smallest absolute Gasteiger partial charge is 0.269 e. The Kier molecular flexibility index (Phi) is 4.71. The van der Waals surface area contributed by atoms with Gasteiger partial charge in [0.25, 0.3) is 15.9 Å². The monoisotopic (exact) mass is 398 g/mol. The van der Waals surface area contributed by atoms with Crippen LogP contribution in [0.15, 0.2) is 47.4 Å². The third-order valence-corrected chi connectivity index (χ3v) is 7.29. The van der Waals surface area contributed by atoms with E-state index in [0.29, 0.717) is 0 Å². The third-order valence-electron chi connectivity index (χ3n) is 5.45. The Balaban J connectivity index is 1.39. The Morgan fingerprint density at radius 2 is 1.89 bits per heavy atom. The molecule has 2 aromatic rings. The molecule has 0 spiro atoms. The molecule has 0 saturated carbocycles. The molecule has 1 atom stereocenters. The fraction of sp³-hybridized carbons (Fsp3) is 0.333. The van der Waals surface area contributed by atoms with Gasteiger partial charge in [-0.3, -0.25) is 9.59 Å². The maximum atomic E-state index is 12.5. The Bertz CT molecular complexity index is 1060. The van der Waals surface area contributed by atoms with E-state index < -0.39 is 15.9 Å². The van der Waals surface area contributed by atoms with E-state index in [4.69, 9.17) is 0 Å². The van der Waals surface area contributed by atoms with Crippen molar-refractivity contribution >= 4 is 21.8 Å². The average molecular weight is 398 g/mol. The van der Waals surface area contributed by atoms with Gasteiger partial charge >= 0.3 is 0 Å². The second-order valence-electron chi connectivity index (χ2n) is 7.30. The van der Waals surface area contributed by atoms with Crippen LogP contribution in [0.3, 0.4) is 0 Å². The first-order chi connectivity index (χ1) is 13.4. The van der Waals surface area contributed by atoms with Crippen molar-refractivity contribution in [2.24, 2.45) is 0 Å². The van der Waals surface area contributed by atoms with Crippen molar-refractivity contribution in [2.45, 2.75) is 43.5 Å². The lowest BCUT2D eigenvalue weighted by Crippen LogP contribution is -2.35. The molecule has 0 saturated heterocycles. The lowest BCUT2D eigenvalue weighted by Gasteiger charge is -2.18. The maximum absolute atomic E-state index is 12.5. The lowest BCUT2D eigenvalue weighted by molar-refractivity contribution is -0.121. The number of nitrogens with one attached hydrogen (secondary N) is 1. The molecule has 1 unspecified atom stereocenters. The summed E-state index contributed by atoms with van der Waals surface area (Å²) in [4.78, 5) is 24.8. The molecule has 146 valence electrons. The summed E-state index contributed by atoms with van der Waals surface area (Å²) in [7, 11) is -3.87. The van der Waals surface area contributed by atoms with Gasteiger partial charge in [-0.1, -0.05) is 30.3 Å². The van der Waals surface area contributed by atoms with Crippen LogP contribution in [0, 0.1) is 0 Å². The van der Waals surface area contributed by atoms with E-state index >= 15 is 0 Å². The minimum Gasteiger partial charge on any atom is -0.350 e. The van der Waals surface area contributed by atoms with E-state index in [2.05, 4.69) is 17.4 Å². The number of benzene rings is 2. The van der Waals surface area contributed by atoms with Gasteiger partial charge in [0.15, 0.2) is 0 Å². The molecule has 0 bridgehead atoms. The first-order valence-corrected chi connectivity index (χ1v) is 10.9. The summed E-state index contributed by atoms with van der Waals surface area (Å²) in [5, 5.41) is 2.90. The second kappa shape index (κ2) is 7.05. The van der Waals surface area contributed by atoms with E-state index in [1.807, 2.05) is 13.0 Å². The third kappa shape index (κ3) is 3.20. The van der Waals surface area contributed by atoms with Crippen LogP contribution in [0.1, 0.15) is 52.9 Å². The van der Waals surface area contributed by atoms with Crippen LogP contribution in [0.4, 0.5) is 0 Å². The Morgan fingerprint density at radius 1 is 1.14 bits per heavy atom. The van der Waals surface area contributed by atoms with E-state index in [9.17, 15) is 18.0 Å². The first kappa shape index (κ1) is 18.7. The summed E-state index contributed by atoms with van der Waals surface area (Å²) in [6, 6.07) is 12.2. The molecule has 7 heteroatoms. The molecule has 1 heterocycles. The molecule has 28 heavy (non-hydrogen) atoms. The quantitative estimate of drug-likeness (QED) is 0.839. The van der Waals surface area contributed by atoms with E-state index in [-0.39, 0.29) is 35.4 Å². The molecule has 0 fully saturated rings. The van der Waals surface area contributed by atoms with Gasteiger partial charge in [0.1, 0.15) is 4.90 Å². The molecule has 6 nitrogen and oxygen atoms in total. The number of nitrogens with zero attached hydrogens (tertiary/aromatic N) is 1. The van der Waals surface area contributed by atoms with E-state index in [1.54, 1.807) is 12.1 Å². The molecule has 2 amide bonds. The molecule has 1 N–H and O–H groups in total.